The van der Waals surface area contributed by atoms with E-state index in [1.807, 2.05) is 36.4 Å². The molecule has 10 aromatic carbocycles. The summed E-state index contributed by atoms with van der Waals surface area (Å²) in [5.41, 5.74) is 22.4. The largest absolute Gasteiger partial charge is 0.456 e. The number of nitrogens with zero attached hydrogens (tertiary/aromatic N) is 2. The lowest BCUT2D eigenvalue weighted by molar-refractivity contribution is 0.669. The highest BCUT2D eigenvalue weighted by Gasteiger charge is 2.47. The molecule has 13 rings (SSSR count). The van der Waals surface area contributed by atoms with E-state index in [9.17, 15) is 0 Å². The lowest BCUT2D eigenvalue weighted by Crippen LogP contribution is -2.29. The van der Waals surface area contributed by atoms with Gasteiger partial charge in [-0.15, -0.1) is 0 Å². The molecule has 0 spiro atoms. The van der Waals surface area contributed by atoms with Gasteiger partial charge in [0, 0.05) is 50.4 Å². The Kier molecular flexibility index (Phi) is 11.6. The number of furan rings is 1. The molecule has 1 aliphatic rings. The molecule has 3 nitrogen and oxygen atoms in total. The number of hydrogen-bond donors (Lipinski definition) is 0. The van der Waals surface area contributed by atoms with Gasteiger partial charge in [-0.2, -0.15) is 0 Å². The van der Waals surface area contributed by atoms with Crippen molar-refractivity contribution < 1.29 is 4.42 Å². The van der Waals surface area contributed by atoms with Gasteiger partial charge in [-0.3, -0.25) is 0 Å². The van der Waals surface area contributed by atoms with E-state index < -0.39 is 5.41 Å². The molecule has 366 valence electrons. The number of hydrogen-bond acceptors (Lipinski definition) is 2. The van der Waals surface area contributed by atoms with Gasteiger partial charge < -0.3 is 13.9 Å². The number of allylic oxidation sites excluding steroid dienone is 5. The molecule has 1 aliphatic carbocycles. The molecule has 0 N–H and O–H groups in total. The summed E-state index contributed by atoms with van der Waals surface area (Å²) in [6.07, 6.45) is 14.1. The van der Waals surface area contributed by atoms with Crippen molar-refractivity contribution >= 4 is 79.0 Å². The predicted octanol–water partition coefficient (Wildman–Crippen LogP) is 20.4. The minimum absolute atomic E-state index is 0.658. The molecule has 0 saturated carbocycles. The van der Waals surface area contributed by atoms with Crippen molar-refractivity contribution in [2.24, 2.45) is 0 Å². The molecule has 0 fully saturated rings. The summed E-state index contributed by atoms with van der Waals surface area (Å²) in [5.74, 6) is 0. The van der Waals surface area contributed by atoms with E-state index in [0.29, 0.717) is 0 Å². The summed E-state index contributed by atoms with van der Waals surface area (Å²) in [6.45, 7) is 18.4. The minimum atomic E-state index is -0.658. The molecule has 0 saturated heterocycles. The van der Waals surface area contributed by atoms with Crippen molar-refractivity contribution in [1.82, 2.24) is 4.57 Å². The van der Waals surface area contributed by atoms with Crippen LogP contribution in [0.1, 0.15) is 40.3 Å². The summed E-state index contributed by atoms with van der Waals surface area (Å²) in [4.78, 5) is 2.37. The first-order valence-corrected chi connectivity index (χ1v) is 26.2. The van der Waals surface area contributed by atoms with E-state index >= 15 is 0 Å². The Balaban J connectivity index is 0.983. The van der Waals surface area contributed by atoms with Crippen LogP contribution in [-0.2, 0) is 5.41 Å². The van der Waals surface area contributed by atoms with Crippen LogP contribution < -0.4 is 4.90 Å². The van der Waals surface area contributed by atoms with Crippen LogP contribution in [0, 0.1) is 0 Å². The molecule has 12 aromatic rings. The van der Waals surface area contributed by atoms with Crippen LogP contribution in [-0.4, -0.2) is 4.57 Å². The first-order valence-electron chi connectivity index (χ1n) is 26.2. The first kappa shape index (κ1) is 46.8. The van der Waals surface area contributed by atoms with E-state index in [2.05, 4.69) is 267 Å². The summed E-state index contributed by atoms with van der Waals surface area (Å²) in [6, 6.07) is 79.6. The second kappa shape index (κ2) is 19.1. The zero-order valence-electron chi connectivity index (χ0n) is 43.0. The van der Waals surface area contributed by atoms with E-state index in [-0.39, 0.29) is 0 Å². The maximum atomic E-state index is 6.58. The molecule has 77 heavy (non-hydrogen) atoms. The molecule has 0 aliphatic heterocycles. The Morgan fingerprint density at radius 3 is 1.64 bits per heavy atom. The number of fused-ring (bicyclic) bond motifs is 9. The maximum absolute atomic E-state index is 6.58. The third-order valence-corrected chi connectivity index (χ3v) is 15.7. The lowest BCUT2D eigenvalue weighted by Gasteiger charge is -2.35. The zero-order valence-corrected chi connectivity index (χ0v) is 43.0. The molecular weight excluding hydrogens is 933 g/mol. The fraction of sp³-hybridized carbons (Fsp3) is 0.0270. The van der Waals surface area contributed by atoms with Crippen molar-refractivity contribution in [3.05, 3.63) is 308 Å². The Morgan fingerprint density at radius 2 is 0.987 bits per heavy atom. The van der Waals surface area contributed by atoms with Crippen molar-refractivity contribution in [3.63, 3.8) is 0 Å². The first-order chi connectivity index (χ1) is 37.9. The van der Waals surface area contributed by atoms with Crippen molar-refractivity contribution in [1.29, 1.82) is 0 Å². The standard InChI is InChI=1S/C74H54N2O/c1-6-15-56(16-7-2)74(57-33-23-50(9-4)24-34-57)68-19-13-11-17-62(68)63-41-39-60(47-69(63)74)75(61-40-42-65-64-18-12-14-20-72(64)77-73(65)48-61)58-37-29-53(30-38-58)55-32-44-71-67(46-55)66-45-54(52-27-21-49(8-3)22-28-52)31-43-70(66)76(71)59-35-25-51(10-5)26-36-59/h6-48H,1,3-5H2,2H3/b16-7-,56-15+. The number of benzene rings is 10. The highest BCUT2D eigenvalue weighted by molar-refractivity contribution is 6.12. The molecule has 3 heteroatoms. The molecule has 2 aromatic heterocycles. The summed E-state index contributed by atoms with van der Waals surface area (Å²) < 4.78 is 8.96. The summed E-state index contributed by atoms with van der Waals surface area (Å²) in [7, 11) is 0. The van der Waals surface area contributed by atoms with Gasteiger partial charge in [-0.05, 0) is 158 Å². The average molecular weight is 987 g/mol. The average Bonchev–Trinajstić information content (AvgIpc) is 4.16. The van der Waals surface area contributed by atoms with Gasteiger partial charge in [0.25, 0.3) is 0 Å². The third-order valence-electron chi connectivity index (χ3n) is 15.7. The second-order valence-corrected chi connectivity index (χ2v) is 19.8. The van der Waals surface area contributed by atoms with Gasteiger partial charge in [0.15, 0.2) is 0 Å². The van der Waals surface area contributed by atoms with Crippen molar-refractivity contribution in [2.45, 2.75) is 12.3 Å². The topological polar surface area (TPSA) is 21.3 Å². The quantitative estimate of drug-likeness (QED) is 0.107. The normalized spacial score (nSPS) is 14.1. The molecule has 1 unspecified atom stereocenters. The zero-order chi connectivity index (χ0) is 52.2. The van der Waals surface area contributed by atoms with Crippen LogP contribution in [0.3, 0.4) is 0 Å². The molecule has 0 radical (unpaired) electrons. The van der Waals surface area contributed by atoms with E-state index in [0.717, 1.165) is 100 Å². The number of rotatable bonds is 13. The van der Waals surface area contributed by atoms with Gasteiger partial charge in [0.1, 0.15) is 11.2 Å². The summed E-state index contributed by atoms with van der Waals surface area (Å²) >= 11 is 0. The van der Waals surface area contributed by atoms with Crippen LogP contribution >= 0.6 is 0 Å². The maximum Gasteiger partial charge on any atom is 0.137 e. The fourth-order valence-corrected chi connectivity index (χ4v) is 12.0. The van der Waals surface area contributed by atoms with E-state index in [1.54, 1.807) is 0 Å². The molecule has 1 atom stereocenters. The van der Waals surface area contributed by atoms with Crippen molar-refractivity contribution in [3.8, 4) is 39.1 Å². The molecule has 0 bridgehead atoms. The monoisotopic (exact) mass is 986 g/mol. The Morgan fingerprint density at radius 1 is 0.455 bits per heavy atom. The van der Waals surface area contributed by atoms with Crippen molar-refractivity contribution in [2.75, 3.05) is 4.90 Å². The third kappa shape index (κ3) is 7.66. The highest BCUT2D eigenvalue weighted by atomic mass is 16.3. The van der Waals surface area contributed by atoms with E-state index in [4.69, 9.17) is 4.42 Å². The van der Waals surface area contributed by atoms with Crippen LogP contribution in [0.5, 0.6) is 0 Å². The van der Waals surface area contributed by atoms with Gasteiger partial charge in [-0.25, -0.2) is 0 Å². The van der Waals surface area contributed by atoms with Crippen LogP contribution in [0.2, 0.25) is 0 Å². The van der Waals surface area contributed by atoms with E-state index in [1.165, 1.54) is 38.6 Å². The predicted molar refractivity (Wildman–Crippen MR) is 329 cm³/mol. The van der Waals surface area contributed by atoms with Gasteiger partial charge in [-0.1, -0.05) is 202 Å². The van der Waals surface area contributed by atoms with Gasteiger partial charge in [0.2, 0.25) is 0 Å². The Labute approximate surface area is 449 Å². The van der Waals surface area contributed by atoms with Crippen LogP contribution in [0.4, 0.5) is 17.1 Å². The number of para-hydroxylation sites is 1. The molecule has 2 heterocycles. The molecule has 0 amide bonds. The Hall–Kier alpha value is -9.96. The number of aromatic nitrogens is 1. The van der Waals surface area contributed by atoms with Crippen LogP contribution in [0.15, 0.2) is 279 Å². The lowest BCUT2D eigenvalue weighted by atomic mass is 9.66. The van der Waals surface area contributed by atoms with Gasteiger partial charge in [0.05, 0.1) is 16.4 Å². The SMILES string of the molecule is C=C/C=C(\C=C/C)C1(c2ccc(C=C)cc2)c2ccccc2-c2ccc(N(c3ccc(-c4ccc5c(c4)c4cc(-c6ccc(C=C)cc6)ccc4n5-c4ccc(C=C)cc4)cc3)c3ccc4c(c3)oc3ccccc34)cc21. The number of anilines is 3. The fourth-order valence-electron chi connectivity index (χ4n) is 12.0. The van der Waals surface area contributed by atoms with Gasteiger partial charge >= 0.3 is 0 Å². The smallest absolute Gasteiger partial charge is 0.137 e. The Bertz CT molecular complexity index is 4390. The van der Waals surface area contributed by atoms with Crippen LogP contribution in [0.25, 0.3) is 101 Å². The highest BCUT2D eigenvalue weighted by Crippen LogP contribution is 2.58. The minimum Gasteiger partial charge on any atom is -0.456 e. The summed E-state index contributed by atoms with van der Waals surface area (Å²) in [5, 5.41) is 4.56. The molecular formula is C74H54N2O. The second-order valence-electron chi connectivity index (χ2n) is 19.8.